The maximum Gasteiger partial charge on any atom is 0.237 e. The Bertz CT molecular complexity index is 1000. The molecule has 152 valence electrons. The van der Waals surface area contributed by atoms with Gasteiger partial charge in [-0.15, -0.1) is 11.8 Å². The van der Waals surface area contributed by atoms with Crippen LogP contribution in [0.4, 0.5) is 15.8 Å². The van der Waals surface area contributed by atoms with Crippen LogP contribution in [0, 0.1) is 5.82 Å². The summed E-state index contributed by atoms with van der Waals surface area (Å²) in [5, 5.41) is 6.28. The summed E-state index contributed by atoms with van der Waals surface area (Å²) < 4.78 is 15.1. The molecule has 1 heterocycles. The van der Waals surface area contributed by atoms with Crippen molar-refractivity contribution in [1.29, 1.82) is 0 Å². The van der Waals surface area contributed by atoms with E-state index in [1.807, 2.05) is 24.3 Å². The van der Waals surface area contributed by atoms with E-state index in [4.69, 9.17) is 0 Å². The van der Waals surface area contributed by atoms with Crippen LogP contribution >= 0.6 is 11.8 Å². The maximum atomic E-state index is 12.9. The molecule has 7 heteroatoms. The number of carbonyl (C=O) groups is 2. The Morgan fingerprint density at radius 2 is 1.79 bits per heavy atom. The van der Waals surface area contributed by atoms with Gasteiger partial charge in [0, 0.05) is 35.0 Å². The monoisotopic (exact) mass is 413 g/mol. The average molecular weight is 414 g/mol. The van der Waals surface area contributed by atoms with Crippen molar-refractivity contribution in [3.63, 3.8) is 0 Å². The smallest absolute Gasteiger partial charge is 0.237 e. The van der Waals surface area contributed by atoms with Gasteiger partial charge >= 0.3 is 0 Å². The number of anilines is 2. The van der Waals surface area contributed by atoms with Crippen molar-refractivity contribution in [2.24, 2.45) is 0 Å². The van der Waals surface area contributed by atoms with Gasteiger partial charge in [-0.1, -0.05) is 6.92 Å². The summed E-state index contributed by atoms with van der Waals surface area (Å²) in [6, 6.07) is 13.5. The highest BCUT2D eigenvalue weighted by atomic mass is 32.2. The van der Waals surface area contributed by atoms with Crippen LogP contribution in [0.1, 0.15) is 20.3 Å². The van der Waals surface area contributed by atoms with E-state index in [2.05, 4.69) is 28.3 Å². The van der Waals surface area contributed by atoms with Gasteiger partial charge in [0.25, 0.3) is 0 Å². The van der Waals surface area contributed by atoms with E-state index >= 15 is 0 Å². The summed E-state index contributed by atoms with van der Waals surface area (Å²) in [6.45, 7) is 4.86. The predicted octanol–water partition coefficient (Wildman–Crippen LogP) is 4.89. The fourth-order valence-electron chi connectivity index (χ4n) is 2.96. The molecule has 0 spiro atoms. The SMILES string of the molecule is CCCn1ccc2cc(NC(=O)C(C)SCC(=O)Nc3ccc(F)cc3)ccc21. The number of nitrogens with one attached hydrogen (secondary N) is 2. The van der Waals surface area contributed by atoms with Crippen LogP contribution in [0.15, 0.2) is 54.7 Å². The fourth-order valence-corrected chi connectivity index (χ4v) is 3.65. The zero-order valence-corrected chi connectivity index (χ0v) is 17.3. The number of aryl methyl sites for hydroxylation is 1. The van der Waals surface area contributed by atoms with Crippen molar-refractivity contribution in [3.8, 4) is 0 Å². The van der Waals surface area contributed by atoms with Crippen molar-refractivity contribution in [2.75, 3.05) is 16.4 Å². The Hall–Kier alpha value is -2.80. The maximum absolute atomic E-state index is 12.9. The molecule has 1 aromatic heterocycles. The van der Waals surface area contributed by atoms with Gasteiger partial charge in [0.2, 0.25) is 11.8 Å². The number of amides is 2. The van der Waals surface area contributed by atoms with Gasteiger partial charge < -0.3 is 15.2 Å². The van der Waals surface area contributed by atoms with E-state index in [1.165, 1.54) is 36.0 Å². The quantitative estimate of drug-likeness (QED) is 0.553. The van der Waals surface area contributed by atoms with Gasteiger partial charge in [0.1, 0.15) is 5.82 Å². The first-order chi connectivity index (χ1) is 14.0. The molecule has 1 unspecified atom stereocenters. The number of thioether (sulfide) groups is 1. The molecule has 0 aliphatic rings. The molecule has 0 saturated heterocycles. The standard InChI is InChI=1S/C22H24FN3O2S/c1-3-11-26-12-10-16-13-19(8-9-20(16)26)25-22(28)15(2)29-14-21(27)24-18-6-4-17(23)5-7-18/h4-10,12-13,15H,3,11,14H2,1-2H3,(H,24,27)(H,25,28). The van der Waals surface area contributed by atoms with E-state index in [0.29, 0.717) is 5.69 Å². The van der Waals surface area contributed by atoms with Crippen LogP contribution in [0.3, 0.4) is 0 Å². The number of hydrogen-bond donors (Lipinski definition) is 2. The van der Waals surface area contributed by atoms with E-state index in [1.54, 1.807) is 6.92 Å². The molecule has 1 atom stereocenters. The summed E-state index contributed by atoms with van der Waals surface area (Å²) in [6.07, 6.45) is 3.11. The topological polar surface area (TPSA) is 63.1 Å². The van der Waals surface area contributed by atoms with Gasteiger partial charge in [-0.25, -0.2) is 4.39 Å². The lowest BCUT2D eigenvalue weighted by molar-refractivity contribution is -0.115. The highest BCUT2D eigenvalue weighted by Crippen LogP contribution is 2.22. The fraction of sp³-hybridized carbons (Fsp3) is 0.273. The Morgan fingerprint density at radius 3 is 2.52 bits per heavy atom. The number of benzene rings is 2. The van der Waals surface area contributed by atoms with Gasteiger partial charge in [-0.2, -0.15) is 0 Å². The molecule has 0 radical (unpaired) electrons. The summed E-state index contributed by atoms with van der Waals surface area (Å²) >= 11 is 1.25. The Kier molecular flexibility index (Phi) is 6.93. The molecular formula is C22H24FN3O2S. The minimum absolute atomic E-state index is 0.130. The summed E-state index contributed by atoms with van der Waals surface area (Å²) in [7, 11) is 0. The Morgan fingerprint density at radius 1 is 1.07 bits per heavy atom. The summed E-state index contributed by atoms with van der Waals surface area (Å²) in [4.78, 5) is 24.5. The molecule has 29 heavy (non-hydrogen) atoms. The van der Waals surface area contributed by atoms with Gasteiger partial charge in [-0.3, -0.25) is 9.59 Å². The molecule has 0 aliphatic carbocycles. The van der Waals surface area contributed by atoms with Crippen LogP contribution < -0.4 is 10.6 Å². The van der Waals surface area contributed by atoms with Gasteiger partial charge in [-0.05, 0) is 61.9 Å². The second-order valence-electron chi connectivity index (χ2n) is 6.78. The first-order valence-electron chi connectivity index (χ1n) is 9.53. The Balaban J connectivity index is 1.51. The number of carbonyl (C=O) groups excluding carboxylic acids is 2. The van der Waals surface area contributed by atoms with Gasteiger partial charge in [0.15, 0.2) is 0 Å². The number of nitrogens with zero attached hydrogens (tertiary/aromatic N) is 1. The lowest BCUT2D eigenvalue weighted by Gasteiger charge is -2.12. The number of aromatic nitrogens is 1. The first kappa shape index (κ1) is 20.9. The number of fused-ring (bicyclic) bond motifs is 1. The third kappa shape index (κ3) is 5.60. The molecule has 2 aromatic carbocycles. The van der Waals surface area contributed by atoms with Gasteiger partial charge in [0.05, 0.1) is 11.0 Å². The second-order valence-corrected chi connectivity index (χ2v) is 8.11. The normalized spacial score (nSPS) is 12.0. The second kappa shape index (κ2) is 9.60. The third-order valence-electron chi connectivity index (χ3n) is 4.46. The molecule has 3 aromatic rings. The molecular weight excluding hydrogens is 389 g/mol. The van der Waals surface area contributed by atoms with Crippen LogP contribution in [0.25, 0.3) is 10.9 Å². The molecule has 3 rings (SSSR count). The van der Waals surface area contributed by atoms with Crippen molar-refractivity contribution in [2.45, 2.75) is 32.1 Å². The molecule has 2 N–H and O–H groups in total. The summed E-state index contributed by atoms with van der Waals surface area (Å²) in [5.41, 5.74) is 2.40. The molecule has 0 bridgehead atoms. The van der Waals surface area contributed by atoms with E-state index < -0.39 is 5.25 Å². The predicted molar refractivity (Wildman–Crippen MR) is 118 cm³/mol. The average Bonchev–Trinajstić information content (AvgIpc) is 3.10. The first-order valence-corrected chi connectivity index (χ1v) is 10.6. The minimum Gasteiger partial charge on any atom is -0.347 e. The molecule has 2 amide bonds. The van der Waals surface area contributed by atoms with Crippen molar-refractivity contribution in [1.82, 2.24) is 4.57 Å². The molecule has 0 saturated carbocycles. The van der Waals surface area contributed by atoms with Crippen LogP contribution in [-0.2, 0) is 16.1 Å². The molecule has 0 fully saturated rings. The van der Waals surface area contributed by atoms with Crippen LogP contribution in [-0.4, -0.2) is 27.4 Å². The largest absolute Gasteiger partial charge is 0.347 e. The highest BCUT2D eigenvalue weighted by molar-refractivity contribution is 8.01. The number of hydrogen-bond acceptors (Lipinski definition) is 3. The van der Waals surface area contributed by atoms with Crippen molar-refractivity contribution >= 4 is 45.9 Å². The lowest BCUT2D eigenvalue weighted by Crippen LogP contribution is -2.25. The lowest BCUT2D eigenvalue weighted by atomic mass is 10.2. The van der Waals surface area contributed by atoms with Crippen molar-refractivity contribution < 1.29 is 14.0 Å². The molecule has 0 aliphatic heterocycles. The Labute approximate surface area is 173 Å². The third-order valence-corrected chi connectivity index (χ3v) is 5.61. The zero-order valence-electron chi connectivity index (χ0n) is 16.4. The minimum atomic E-state index is -0.394. The van der Waals surface area contributed by atoms with E-state index in [9.17, 15) is 14.0 Å². The zero-order chi connectivity index (χ0) is 20.8. The number of halogens is 1. The van der Waals surface area contributed by atoms with Crippen molar-refractivity contribution in [3.05, 3.63) is 60.5 Å². The number of rotatable bonds is 8. The van der Waals surface area contributed by atoms with Crippen LogP contribution in [0.2, 0.25) is 0 Å². The van der Waals surface area contributed by atoms with Crippen LogP contribution in [0.5, 0.6) is 0 Å². The molecule has 5 nitrogen and oxygen atoms in total. The van der Waals surface area contributed by atoms with E-state index in [-0.39, 0.29) is 23.4 Å². The summed E-state index contributed by atoms with van der Waals surface area (Å²) in [5.74, 6) is -0.620. The van der Waals surface area contributed by atoms with E-state index in [0.717, 1.165) is 29.6 Å². The highest BCUT2D eigenvalue weighted by Gasteiger charge is 2.16.